The summed E-state index contributed by atoms with van der Waals surface area (Å²) in [6.07, 6.45) is 5.09. The summed E-state index contributed by atoms with van der Waals surface area (Å²) in [5, 5.41) is 4.47. The van der Waals surface area contributed by atoms with Crippen molar-refractivity contribution in [2.75, 3.05) is 51.3 Å². The molecule has 0 spiro atoms. The molecule has 3 amide bonds. The molecule has 3 saturated heterocycles. The molecule has 30 heavy (non-hydrogen) atoms. The lowest BCUT2D eigenvalue weighted by molar-refractivity contribution is -0.147. The average Bonchev–Trinajstić information content (AvgIpc) is 3.35. The smallest absolute Gasteiger partial charge is 0.324 e. The molecular formula is C22H27N5O3. The number of benzene rings is 1. The van der Waals surface area contributed by atoms with Gasteiger partial charge in [0, 0.05) is 52.6 Å². The second-order valence-corrected chi connectivity index (χ2v) is 8.46. The molecule has 0 unspecified atom stereocenters. The van der Waals surface area contributed by atoms with Crippen molar-refractivity contribution >= 4 is 17.6 Å². The lowest BCUT2D eigenvalue weighted by atomic mass is 9.72. The molecule has 0 atom stereocenters. The normalized spacial score (nSPS) is 21.8. The number of anilines is 1. The Labute approximate surface area is 176 Å². The van der Waals surface area contributed by atoms with E-state index in [-0.39, 0.29) is 18.0 Å². The second-order valence-electron chi connectivity index (χ2n) is 8.46. The van der Waals surface area contributed by atoms with Crippen molar-refractivity contribution in [2.45, 2.75) is 24.3 Å². The van der Waals surface area contributed by atoms with E-state index >= 15 is 0 Å². The summed E-state index contributed by atoms with van der Waals surface area (Å²) in [7, 11) is 1.81. The van der Waals surface area contributed by atoms with Crippen molar-refractivity contribution in [2.24, 2.45) is 0 Å². The van der Waals surface area contributed by atoms with E-state index in [1.54, 1.807) is 23.0 Å². The van der Waals surface area contributed by atoms with Gasteiger partial charge in [-0.05, 0) is 18.4 Å². The second kappa shape index (κ2) is 7.43. The molecule has 4 heterocycles. The zero-order valence-electron chi connectivity index (χ0n) is 17.2. The minimum atomic E-state index is -0.494. The molecule has 2 aromatic rings. The Bertz CT molecular complexity index is 931. The van der Waals surface area contributed by atoms with Gasteiger partial charge in [0.1, 0.15) is 0 Å². The maximum Gasteiger partial charge on any atom is 0.324 e. The lowest BCUT2D eigenvalue weighted by Gasteiger charge is -2.46. The standard InChI is InChI=1S/C22H27N5O3/c1-24-9-10-26(21(24)29)18-13-23-27(16-18)19-14-25(15-19)20(28)22(7-11-30-12-8-22)17-5-3-2-4-6-17/h2-6,13,16,19H,7-12,14-15H2,1H3. The summed E-state index contributed by atoms with van der Waals surface area (Å²) in [4.78, 5) is 31.2. The van der Waals surface area contributed by atoms with Gasteiger partial charge in [0.05, 0.1) is 23.3 Å². The summed E-state index contributed by atoms with van der Waals surface area (Å²) in [6.45, 7) is 3.91. The largest absolute Gasteiger partial charge is 0.381 e. The molecule has 1 aromatic carbocycles. The first-order chi connectivity index (χ1) is 14.6. The molecule has 8 nitrogen and oxygen atoms in total. The number of urea groups is 1. The zero-order valence-corrected chi connectivity index (χ0v) is 17.2. The number of likely N-dealkylation sites (tertiary alicyclic amines) is 1. The van der Waals surface area contributed by atoms with Crippen LogP contribution in [0.4, 0.5) is 10.5 Å². The van der Waals surface area contributed by atoms with Crippen LogP contribution in [0.2, 0.25) is 0 Å². The molecule has 3 fully saturated rings. The Morgan fingerprint density at radius 2 is 1.87 bits per heavy atom. The minimum absolute atomic E-state index is 0.00397. The monoisotopic (exact) mass is 409 g/mol. The zero-order chi connectivity index (χ0) is 20.7. The molecule has 0 saturated carbocycles. The van der Waals surface area contributed by atoms with Gasteiger partial charge < -0.3 is 14.5 Å². The first-order valence-electron chi connectivity index (χ1n) is 10.6. The first kappa shape index (κ1) is 19.1. The number of carbonyl (C=O) groups excluding carboxylic acids is 2. The molecule has 1 aromatic heterocycles. The summed E-state index contributed by atoms with van der Waals surface area (Å²) in [5.74, 6) is 0.192. The van der Waals surface area contributed by atoms with E-state index in [4.69, 9.17) is 4.74 Å². The van der Waals surface area contributed by atoms with Gasteiger partial charge in [-0.15, -0.1) is 0 Å². The van der Waals surface area contributed by atoms with Crippen LogP contribution in [0.1, 0.15) is 24.4 Å². The van der Waals surface area contributed by atoms with Gasteiger partial charge in [-0.2, -0.15) is 5.10 Å². The van der Waals surface area contributed by atoms with E-state index in [0.717, 1.165) is 17.8 Å². The van der Waals surface area contributed by atoms with E-state index in [1.165, 1.54) is 0 Å². The quantitative estimate of drug-likeness (QED) is 0.773. The van der Waals surface area contributed by atoms with Gasteiger partial charge in [0.2, 0.25) is 5.91 Å². The molecule has 8 heteroatoms. The third-order valence-corrected chi connectivity index (χ3v) is 6.72. The highest BCUT2D eigenvalue weighted by Gasteiger charge is 2.47. The van der Waals surface area contributed by atoms with Gasteiger partial charge in [-0.25, -0.2) is 4.79 Å². The SMILES string of the molecule is CN1CCN(c2cnn(C3CN(C(=O)C4(c5ccccc5)CCOCC4)C3)c2)C1=O. The summed E-state index contributed by atoms with van der Waals surface area (Å²) < 4.78 is 7.46. The number of hydrogen-bond acceptors (Lipinski definition) is 4. The van der Waals surface area contributed by atoms with Gasteiger partial charge in [0.15, 0.2) is 0 Å². The summed E-state index contributed by atoms with van der Waals surface area (Å²) in [5.41, 5.74) is 1.41. The predicted octanol–water partition coefficient (Wildman–Crippen LogP) is 1.89. The Morgan fingerprint density at radius 3 is 2.53 bits per heavy atom. The molecule has 3 aliphatic rings. The fourth-order valence-corrected chi connectivity index (χ4v) is 4.75. The van der Waals surface area contributed by atoms with E-state index in [0.29, 0.717) is 45.7 Å². The van der Waals surface area contributed by atoms with Crippen LogP contribution >= 0.6 is 0 Å². The minimum Gasteiger partial charge on any atom is -0.381 e. The van der Waals surface area contributed by atoms with Gasteiger partial charge >= 0.3 is 6.03 Å². The van der Waals surface area contributed by atoms with Crippen LogP contribution in [-0.2, 0) is 14.9 Å². The molecule has 0 N–H and O–H groups in total. The maximum atomic E-state index is 13.6. The Morgan fingerprint density at radius 1 is 1.13 bits per heavy atom. The van der Waals surface area contributed by atoms with Crippen LogP contribution in [0.15, 0.2) is 42.7 Å². The highest BCUT2D eigenvalue weighted by atomic mass is 16.5. The van der Waals surface area contributed by atoms with Crippen LogP contribution in [0.5, 0.6) is 0 Å². The van der Waals surface area contributed by atoms with E-state index < -0.39 is 5.41 Å². The van der Waals surface area contributed by atoms with Crippen LogP contribution in [0.3, 0.4) is 0 Å². The van der Waals surface area contributed by atoms with Gasteiger partial charge in [0.25, 0.3) is 0 Å². The van der Waals surface area contributed by atoms with Crippen LogP contribution in [-0.4, -0.2) is 78.0 Å². The van der Waals surface area contributed by atoms with Crippen molar-refractivity contribution in [3.05, 3.63) is 48.3 Å². The highest BCUT2D eigenvalue weighted by Crippen LogP contribution is 2.39. The van der Waals surface area contributed by atoms with Gasteiger partial charge in [-0.1, -0.05) is 30.3 Å². The number of carbonyl (C=O) groups is 2. The molecule has 0 radical (unpaired) electrons. The number of rotatable bonds is 4. The predicted molar refractivity (Wildman–Crippen MR) is 111 cm³/mol. The molecule has 0 bridgehead atoms. The van der Waals surface area contributed by atoms with Crippen LogP contribution in [0.25, 0.3) is 0 Å². The van der Waals surface area contributed by atoms with Gasteiger partial charge in [-0.3, -0.25) is 14.4 Å². The van der Waals surface area contributed by atoms with E-state index in [1.807, 2.05) is 34.0 Å². The van der Waals surface area contributed by atoms with Crippen molar-refractivity contribution < 1.29 is 14.3 Å². The number of aromatic nitrogens is 2. The molecule has 0 aliphatic carbocycles. The van der Waals surface area contributed by atoms with E-state index in [2.05, 4.69) is 17.2 Å². The molecular weight excluding hydrogens is 382 g/mol. The van der Waals surface area contributed by atoms with Crippen LogP contribution in [0, 0.1) is 0 Å². The number of hydrogen-bond donors (Lipinski definition) is 0. The van der Waals surface area contributed by atoms with Crippen LogP contribution < -0.4 is 4.90 Å². The fourth-order valence-electron chi connectivity index (χ4n) is 4.75. The average molecular weight is 409 g/mol. The van der Waals surface area contributed by atoms with Crippen molar-refractivity contribution in [1.82, 2.24) is 19.6 Å². The number of nitrogens with zero attached hydrogens (tertiary/aromatic N) is 5. The topological polar surface area (TPSA) is 70.9 Å². The summed E-state index contributed by atoms with van der Waals surface area (Å²) in [6, 6.07) is 10.3. The highest BCUT2D eigenvalue weighted by molar-refractivity contribution is 5.93. The molecule has 158 valence electrons. The number of likely N-dealkylation sites (N-methyl/N-ethyl adjacent to an activating group) is 1. The first-order valence-corrected chi connectivity index (χ1v) is 10.6. The van der Waals surface area contributed by atoms with Crippen molar-refractivity contribution in [3.8, 4) is 0 Å². The Hall–Kier alpha value is -2.87. The fraction of sp³-hybridized carbons (Fsp3) is 0.500. The van der Waals surface area contributed by atoms with Crippen molar-refractivity contribution in [1.29, 1.82) is 0 Å². The lowest BCUT2D eigenvalue weighted by Crippen LogP contribution is -2.58. The molecule has 5 rings (SSSR count). The third-order valence-electron chi connectivity index (χ3n) is 6.72. The number of ether oxygens (including phenoxy) is 1. The Balaban J connectivity index is 1.28. The summed E-state index contributed by atoms with van der Waals surface area (Å²) >= 11 is 0. The number of amides is 3. The van der Waals surface area contributed by atoms with E-state index in [9.17, 15) is 9.59 Å². The third kappa shape index (κ3) is 3.06. The van der Waals surface area contributed by atoms with Crippen molar-refractivity contribution in [3.63, 3.8) is 0 Å². The molecule has 3 aliphatic heterocycles. The Kier molecular flexibility index (Phi) is 4.73. The maximum absolute atomic E-state index is 13.6.